The number of alkyl halides is 1. The highest BCUT2D eigenvalue weighted by Gasteiger charge is 2.18. The van der Waals surface area contributed by atoms with Crippen molar-refractivity contribution in [3.8, 4) is 0 Å². The van der Waals surface area contributed by atoms with Crippen molar-refractivity contribution in [2.75, 3.05) is 19.0 Å². The van der Waals surface area contributed by atoms with Crippen LogP contribution >= 0.6 is 11.6 Å². The van der Waals surface area contributed by atoms with Crippen LogP contribution in [-0.4, -0.2) is 39.6 Å². The Morgan fingerprint density at radius 2 is 2.25 bits per heavy atom. The molecule has 16 heavy (non-hydrogen) atoms. The predicted octanol–water partition coefficient (Wildman–Crippen LogP) is 1.82. The molecule has 90 valence electrons. The summed E-state index contributed by atoms with van der Waals surface area (Å²) in [5.74, 6) is 0.466. The van der Waals surface area contributed by atoms with E-state index in [2.05, 4.69) is 5.10 Å². The Bertz CT molecular complexity index is 356. The van der Waals surface area contributed by atoms with Gasteiger partial charge >= 0.3 is 0 Å². The van der Waals surface area contributed by atoms with Gasteiger partial charge in [0.05, 0.1) is 5.69 Å². The number of amides is 1. The van der Waals surface area contributed by atoms with Crippen LogP contribution in [0.2, 0.25) is 0 Å². The molecular weight excluding hydrogens is 226 g/mol. The third-order valence-corrected chi connectivity index (χ3v) is 2.53. The fourth-order valence-corrected chi connectivity index (χ4v) is 1.86. The summed E-state index contributed by atoms with van der Waals surface area (Å²) in [6, 6.07) is 1.80. The van der Waals surface area contributed by atoms with Gasteiger partial charge in [-0.05, 0) is 19.4 Å². The molecule has 0 saturated carbocycles. The smallest absolute Gasteiger partial charge is 0.272 e. The van der Waals surface area contributed by atoms with Gasteiger partial charge < -0.3 is 4.90 Å². The molecule has 0 saturated heterocycles. The van der Waals surface area contributed by atoms with Crippen molar-refractivity contribution in [1.82, 2.24) is 14.7 Å². The second kappa shape index (κ2) is 5.89. The number of carbonyl (C=O) groups is 1. The van der Waals surface area contributed by atoms with Crippen molar-refractivity contribution in [2.24, 2.45) is 7.05 Å². The summed E-state index contributed by atoms with van der Waals surface area (Å²) in [6.45, 7) is 5.24. The molecule has 0 fully saturated rings. The highest BCUT2D eigenvalue weighted by atomic mass is 35.5. The van der Waals surface area contributed by atoms with E-state index in [-0.39, 0.29) is 5.91 Å². The van der Waals surface area contributed by atoms with Crippen LogP contribution in [0.15, 0.2) is 6.07 Å². The van der Waals surface area contributed by atoms with E-state index in [0.29, 0.717) is 18.1 Å². The summed E-state index contributed by atoms with van der Waals surface area (Å²) in [5, 5.41) is 4.17. The molecule has 4 nitrogen and oxygen atoms in total. The molecule has 0 radical (unpaired) electrons. The lowest BCUT2D eigenvalue weighted by atomic mass is 10.3. The fraction of sp³-hybridized carbons (Fsp3) is 0.636. The van der Waals surface area contributed by atoms with E-state index in [9.17, 15) is 4.79 Å². The Morgan fingerprint density at radius 3 is 2.69 bits per heavy atom. The lowest BCUT2D eigenvalue weighted by Crippen LogP contribution is -2.34. The molecule has 0 aliphatic heterocycles. The zero-order valence-corrected chi connectivity index (χ0v) is 10.8. The topological polar surface area (TPSA) is 38.1 Å². The maximum atomic E-state index is 12.2. The normalized spacial score (nSPS) is 10.5. The van der Waals surface area contributed by atoms with E-state index < -0.39 is 0 Å². The molecule has 5 heteroatoms. The Kier molecular flexibility index (Phi) is 4.80. The van der Waals surface area contributed by atoms with Gasteiger partial charge in [-0.3, -0.25) is 9.48 Å². The highest BCUT2D eigenvalue weighted by molar-refractivity contribution is 6.18. The minimum absolute atomic E-state index is 0.00519. The number of aryl methyl sites for hydroxylation is 2. The fourth-order valence-electron chi connectivity index (χ4n) is 1.66. The van der Waals surface area contributed by atoms with Crippen molar-refractivity contribution >= 4 is 17.5 Å². The van der Waals surface area contributed by atoms with Crippen molar-refractivity contribution < 1.29 is 4.79 Å². The standard InChI is InChI=1S/C11H18ClN3O/c1-4-6-15(7-5-12)11(16)10-8-9(2)13-14(10)3/h8H,4-7H2,1-3H3. The van der Waals surface area contributed by atoms with Crippen LogP contribution in [0.25, 0.3) is 0 Å². The average molecular weight is 244 g/mol. The first kappa shape index (κ1) is 13.0. The van der Waals surface area contributed by atoms with Crippen LogP contribution in [0.1, 0.15) is 29.5 Å². The van der Waals surface area contributed by atoms with Crippen LogP contribution < -0.4 is 0 Å². The first-order valence-electron chi connectivity index (χ1n) is 5.46. The molecule has 1 rings (SSSR count). The maximum Gasteiger partial charge on any atom is 0.272 e. The van der Waals surface area contributed by atoms with Crippen molar-refractivity contribution in [2.45, 2.75) is 20.3 Å². The summed E-state index contributed by atoms with van der Waals surface area (Å²) in [4.78, 5) is 13.9. The predicted molar refractivity (Wildman–Crippen MR) is 64.9 cm³/mol. The molecule has 1 aromatic heterocycles. The Hall–Kier alpha value is -1.03. The van der Waals surface area contributed by atoms with Gasteiger partial charge in [0.25, 0.3) is 5.91 Å². The van der Waals surface area contributed by atoms with Gasteiger partial charge in [0, 0.05) is 26.0 Å². The number of rotatable bonds is 5. The van der Waals surface area contributed by atoms with E-state index in [4.69, 9.17) is 11.6 Å². The summed E-state index contributed by atoms with van der Waals surface area (Å²) >= 11 is 5.69. The molecule has 1 aromatic rings. The molecule has 0 unspecified atom stereocenters. The van der Waals surface area contributed by atoms with Gasteiger partial charge in [0.1, 0.15) is 5.69 Å². The number of halogens is 1. The molecular formula is C11H18ClN3O. The third kappa shape index (κ3) is 2.98. The van der Waals surface area contributed by atoms with Gasteiger partial charge in [-0.25, -0.2) is 0 Å². The molecule has 1 heterocycles. The van der Waals surface area contributed by atoms with Crippen LogP contribution in [0, 0.1) is 6.92 Å². The average Bonchev–Trinajstić information content (AvgIpc) is 2.56. The van der Waals surface area contributed by atoms with Gasteiger partial charge in [-0.2, -0.15) is 5.10 Å². The molecule has 1 amide bonds. The van der Waals surface area contributed by atoms with Crippen LogP contribution in [-0.2, 0) is 7.05 Å². The second-order valence-electron chi connectivity index (χ2n) is 3.78. The minimum Gasteiger partial charge on any atom is -0.336 e. The van der Waals surface area contributed by atoms with E-state index in [1.54, 1.807) is 22.7 Å². The Labute approximate surface area is 101 Å². The lowest BCUT2D eigenvalue weighted by molar-refractivity contribution is 0.0754. The monoisotopic (exact) mass is 243 g/mol. The number of nitrogens with zero attached hydrogens (tertiary/aromatic N) is 3. The lowest BCUT2D eigenvalue weighted by Gasteiger charge is -2.20. The number of hydrogen-bond acceptors (Lipinski definition) is 2. The van der Waals surface area contributed by atoms with Gasteiger partial charge in [0.2, 0.25) is 0 Å². The molecule has 0 bridgehead atoms. The zero-order valence-electron chi connectivity index (χ0n) is 10.0. The van der Waals surface area contributed by atoms with E-state index in [1.807, 2.05) is 13.8 Å². The number of aromatic nitrogens is 2. The minimum atomic E-state index is 0.00519. The summed E-state index contributed by atoms with van der Waals surface area (Å²) < 4.78 is 1.62. The Balaban J connectivity index is 2.85. The molecule has 0 N–H and O–H groups in total. The maximum absolute atomic E-state index is 12.2. The van der Waals surface area contributed by atoms with Crippen molar-refractivity contribution in [3.63, 3.8) is 0 Å². The third-order valence-electron chi connectivity index (χ3n) is 2.36. The van der Waals surface area contributed by atoms with E-state index >= 15 is 0 Å². The quantitative estimate of drug-likeness (QED) is 0.740. The van der Waals surface area contributed by atoms with Crippen LogP contribution in [0.4, 0.5) is 0 Å². The zero-order chi connectivity index (χ0) is 12.1. The Morgan fingerprint density at radius 1 is 1.56 bits per heavy atom. The molecule has 0 aromatic carbocycles. The van der Waals surface area contributed by atoms with Crippen molar-refractivity contribution in [3.05, 3.63) is 17.5 Å². The first-order chi connectivity index (χ1) is 7.60. The summed E-state index contributed by atoms with van der Waals surface area (Å²) in [7, 11) is 1.78. The summed E-state index contributed by atoms with van der Waals surface area (Å²) in [6.07, 6.45) is 0.930. The van der Waals surface area contributed by atoms with Crippen LogP contribution in [0.5, 0.6) is 0 Å². The number of carbonyl (C=O) groups excluding carboxylic acids is 1. The number of hydrogen-bond donors (Lipinski definition) is 0. The van der Waals surface area contributed by atoms with Gasteiger partial charge in [-0.1, -0.05) is 6.92 Å². The van der Waals surface area contributed by atoms with Crippen LogP contribution in [0.3, 0.4) is 0 Å². The van der Waals surface area contributed by atoms with E-state index in [1.165, 1.54) is 0 Å². The molecule has 0 atom stereocenters. The molecule has 0 spiro atoms. The van der Waals surface area contributed by atoms with Gasteiger partial charge in [-0.15, -0.1) is 11.6 Å². The molecule has 0 aliphatic rings. The molecule has 0 aliphatic carbocycles. The first-order valence-corrected chi connectivity index (χ1v) is 5.99. The highest BCUT2D eigenvalue weighted by Crippen LogP contribution is 2.07. The summed E-state index contributed by atoms with van der Waals surface area (Å²) in [5.41, 5.74) is 1.48. The second-order valence-corrected chi connectivity index (χ2v) is 4.15. The van der Waals surface area contributed by atoms with E-state index in [0.717, 1.165) is 18.7 Å². The van der Waals surface area contributed by atoms with Gasteiger partial charge in [0.15, 0.2) is 0 Å². The SMILES string of the molecule is CCCN(CCCl)C(=O)c1cc(C)nn1C. The largest absolute Gasteiger partial charge is 0.336 e. The van der Waals surface area contributed by atoms with Crippen molar-refractivity contribution in [1.29, 1.82) is 0 Å².